The molecule has 0 aliphatic rings. The lowest BCUT2D eigenvalue weighted by Gasteiger charge is -2.02. The van der Waals surface area contributed by atoms with Crippen LogP contribution in [-0.2, 0) is 0 Å². The molecule has 0 unspecified atom stereocenters. The summed E-state index contributed by atoms with van der Waals surface area (Å²) in [5.41, 5.74) is 8.85. The lowest BCUT2D eigenvalue weighted by Crippen LogP contribution is -1.94. The molecule has 2 aromatic carbocycles. The van der Waals surface area contributed by atoms with Gasteiger partial charge in [0.25, 0.3) is 0 Å². The Morgan fingerprint density at radius 1 is 0.889 bits per heavy atom. The Morgan fingerprint density at radius 2 is 1.44 bits per heavy atom. The third-order valence-electron chi connectivity index (χ3n) is 2.75. The Kier molecular flexibility index (Phi) is 4.15. The fourth-order valence-corrected chi connectivity index (χ4v) is 1.76. The van der Waals surface area contributed by atoms with E-state index in [2.05, 4.69) is 36.4 Å². The van der Waals surface area contributed by atoms with Crippen LogP contribution in [0.2, 0.25) is 0 Å². The summed E-state index contributed by atoms with van der Waals surface area (Å²) < 4.78 is 0. The number of aromatic hydroxyl groups is 1. The van der Waals surface area contributed by atoms with E-state index < -0.39 is 0 Å². The van der Waals surface area contributed by atoms with E-state index in [9.17, 15) is 5.11 Å². The molecular formula is C16H17NO. The van der Waals surface area contributed by atoms with Gasteiger partial charge in [0.1, 0.15) is 5.75 Å². The minimum absolute atomic E-state index is 0.292. The van der Waals surface area contributed by atoms with E-state index in [0.717, 1.165) is 17.5 Å². The van der Waals surface area contributed by atoms with Crippen molar-refractivity contribution in [3.63, 3.8) is 0 Å². The van der Waals surface area contributed by atoms with E-state index in [0.29, 0.717) is 12.3 Å². The summed E-state index contributed by atoms with van der Waals surface area (Å²) in [6, 6.07) is 15.5. The van der Waals surface area contributed by atoms with Gasteiger partial charge in [-0.15, -0.1) is 0 Å². The maximum Gasteiger partial charge on any atom is 0.115 e. The van der Waals surface area contributed by atoms with Crippen molar-refractivity contribution in [1.29, 1.82) is 0 Å². The number of benzene rings is 2. The molecule has 0 bridgehead atoms. The highest BCUT2D eigenvalue weighted by atomic mass is 16.3. The maximum atomic E-state index is 9.25. The van der Waals surface area contributed by atoms with Gasteiger partial charge in [-0.2, -0.15) is 0 Å². The molecule has 0 aliphatic carbocycles. The van der Waals surface area contributed by atoms with Crippen LogP contribution in [-0.4, -0.2) is 11.7 Å². The van der Waals surface area contributed by atoms with Gasteiger partial charge in [-0.1, -0.05) is 48.6 Å². The van der Waals surface area contributed by atoms with Crippen molar-refractivity contribution in [2.45, 2.75) is 6.42 Å². The van der Waals surface area contributed by atoms with Crippen LogP contribution in [0.5, 0.6) is 5.75 Å². The fraction of sp³-hybridized carbons (Fsp3) is 0.125. The molecule has 0 spiro atoms. The Morgan fingerprint density at radius 3 is 2.00 bits per heavy atom. The van der Waals surface area contributed by atoms with E-state index >= 15 is 0 Å². The fourth-order valence-electron chi connectivity index (χ4n) is 1.76. The van der Waals surface area contributed by atoms with E-state index in [1.54, 1.807) is 12.1 Å². The van der Waals surface area contributed by atoms with Gasteiger partial charge in [0.2, 0.25) is 0 Å². The van der Waals surface area contributed by atoms with E-state index in [4.69, 9.17) is 5.73 Å². The number of phenolic OH excluding ortho intramolecular Hbond substituents is 1. The first-order chi connectivity index (χ1) is 8.79. The van der Waals surface area contributed by atoms with Crippen LogP contribution < -0.4 is 5.73 Å². The summed E-state index contributed by atoms with van der Waals surface area (Å²) in [4.78, 5) is 0. The zero-order valence-corrected chi connectivity index (χ0v) is 10.2. The van der Waals surface area contributed by atoms with Crippen molar-refractivity contribution in [3.8, 4) is 16.9 Å². The third-order valence-corrected chi connectivity index (χ3v) is 2.75. The molecule has 2 aromatic rings. The van der Waals surface area contributed by atoms with Crippen molar-refractivity contribution in [3.05, 3.63) is 60.2 Å². The predicted molar refractivity (Wildman–Crippen MR) is 76.2 cm³/mol. The molecule has 0 aromatic heterocycles. The topological polar surface area (TPSA) is 46.2 Å². The maximum absolute atomic E-state index is 9.25. The second kappa shape index (κ2) is 6.03. The van der Waals surface area contributed by atoms with Crippen molar-refractivity contribution < 1.29 is 5.11 Å². The van der Waals surface area contributed by atoms with Gasteiger partial charge >= 0.3 is 0 Å². The van der Waals surface area contributed by atoms with Crippen LogP contribution in [0, 0.1) is 0 Å². The first-order valence-electron chi connectivity index (χ1n) is 6.05. The average molecular weight is 239 g/mol. The number of nitrogens with two attached hydrogens (primary N) is 1. The van der Waals surface area contributed by atoms with Gasteiger partial charge in [0.05, 0.1) is 0 Å². The summed E-state index contributed by atoms with van der Waals surface area (Å²) in [7, 11) is 0. The molecule has 0 atom stereocenters. The predicted octanol–water partition coefficient (Wildman–Crippen LogP) is 3.42. The molecule has 92 valence electrons. The largest absolute Gasteiger partial charge is 0.508 e. The van der Waals surface area contributed by atoms with Crippen LogP contribution >= 0.6 is 0 Å². The van der Waals surface area contributed by atoms with Crippen molar-refractivity contribution >= 4 is 6.08 Å². The molecule has 0 saturated heterocycles. The summed E-state index contributed by atoms with van der Waals surface area (Å²) >= 11 is 0. The van der Waals surface area contributed by atoms with Gasteiger partial charge in [0, 0.05) is 0 Å². The van der Waals surface area contributed by atoms with Crippen LogP contribution in [0.15, 0.2) is 54.6 Å². The second-order valence-electron chi connectivity index (χ2n) is 4.15. The number of phenols is 1. The summed E-state index contributed by atoms with van der Waals surface area (Å²) in [6.07, 6.45) is 5.06. The Balaban J connectivity index is 2.14. The monoisotopic (exact) mass is 239 g/mol. The minimum atomic E-state index is 0.292. The van der Waals surface area contributed by atoms with Gasteiger partial charge < -0.3 is 10.8 Å². The highest BCUT2D eigenvalue weighted by Crippen LogP contribution is 2.22. The number of hydrogen-bond acceptors (Lipinski definition) is 2. The van der Waals surface area contributed by atoms with Gasteiger partial charge in [-0.3, -0.25) is 0 Å². The quantitative estimate of drug-likeness (QED) is 0.858. The van der Waals surface area contributed by atoms with E-state index in [1.807, 2.05) is 12.1 Å². The third kappa shape index (κ3) is 3.22. The van der Waals surface area contributed by atoms with Gasteiger partial charge in [-0.25, -0.2) is 0 Å². The Bertz CT molecular complexity index is 512. The highest BCUT2D eigenvalue weighted by molar-refractivity contribution is 5.66. The normalized spacial score (nSPS) is 10.9. The number of hydrogen-bond donors (Lipinski definition) is 2. The number of rotatable bonds is 4. The van der Waals surface area contributed by atoms with Gasteiger partial charge in [0.15, 0.2) is 0 Å². The van der Waals surface area contributed by atoms with Crippen molar-refractivity contribution in [2.75, 3.05) is 6.54 Å². The van der Waals surface area contributed by atoms with Crippen LogP contribution in [0.1, 0.15) is 12.0 Å². The molecule has 2 heteroatoms. The average Bonchev–Trinajstić information content (AvgIpc) is 2.41. The lowest BCUT2D eigenvalue weighted by atomic mass is 10.0. The standard InChI is InChI=1S/C16H17NO/c17-12-2-1-3-13-4-6-14(7-5-13)15-8-10-16(18)11-9-15/h1,3-11,18H,2,12,17H2. The van der Waals surface area contributed by atoms with Crippen LogP contribution in [0.3, 0.4) is 0 Å². The summed E-state index contributed by atoms with van der Waals surface area (Å²) in [6.45, 7) is 0.683. The summed E-state index contributed by atoms with van der Waals surface area (Å²) in [5.74, 6) is 0.292. The summed E-state index contributed by atoms with van der Waals surface area (Å²) in [5, 5.41) is 9.25. The van der Waals surface area contributed by atoms with E-state index in [-0.39, 0.29) is 0 Å². The Labute approximate surface area is 107 Å². The molecule has 0 heterocycles. The van der Waals surface area contributed by atoms with Gasteiger partial charge in [-0.05, 0) is 41.8 Å². The molecule has 0 amide bonds. The SMILES string of the molecule is NCCC=Cc1ccc(-c2ccc(O)cc2)cc1. The molecule has 18 heavy (non-hydrogen) atoms. The zero-order valence-electron chi connectivity index (χ0n) is 10.2. The lowest BCUT2D eigenvalue weighted by molar-refractivity contribution is 0.475. The van der Waals surface area contributed by atoms with Crippen molar-refractivity contribution in [1.82, 2.24) is 0 Å². The smallest absolute Gasteiger partial charge is 0.115 e. The molecule has 0 fully saturated rings. The first kappa shape index (κ1) is 12.4. The highest BCUT2D eigenvalue weighted by Gasteiger charge is 1.97. The molecule has 2 rings (SSSR count). The molecule has 3 N–H and O–H groups in total. The molecule has 0 saturated carbocycles. The van der Waals surface area contributed by atoms with E-state index in [1.165, 1.54) is 5.56 Å². The molecule has 0 aliphatic heterocycles. The van der Waals surface area contributed by atoms with Crippen LogP contribution in [0.4, 0.5) is 0 Å². The second-order valence-corrected chi connectivity index (χ2v) is 4.15. The molecule has 0 radical (unpaired) electrons. The molecular weight excluding hydrogens is 222 g/mol. The minimum Gasteiger partial charge on any atom is -0.508 e. The van der Waals surface area contributed by atoms with Crippen molar-refractivity contribution in [2.24, 2.45) is 5.73 Å². The zero-order chi connectivity index (χ0) is 12.8. The molecule has 2 nitrogen and oxygen atoms in total. The van der Waals surface area contributed by atoms with Crippen LogP contribution in [0.25, 0.3) is 17.2 Å². The first-order valence-corrected chi connectivity index (χ1v) is 6.05. The Hall–Kier alpha value is -2.06.